The van der Waals surface area contributed by atoms with Crippen LogP contribution in [0.15, 0.2) is 24.3 Å². The predicted octanol–water partition coefficient (Wildman–Crippen LogP) is 2.54. The zero-order valence-electron chi connectivity index (χ0n) is 10.8. The van der Waals surface area contributed by atoms with Gasteiger partial charge in [0.2, 0.25) is 0 Å². The molecule has 1 aromatic carbocycles. The number of benzene rings is 1. The molecule has 1 fully saturated rings. The molecule has 0 atom stereocenters. The maximum Gasteiger partial charge on any atom is 0.416 e. The summed E-state index contributed by atoms with van der Waals surface area (Å²) in [6.07, 6.45) is -2.99. The number of piperazine rings is 1. The number of aryl methyl sites for hydroxylation is 1. The number of alkyl halides is 3. The maximum atomic E-state index is 12.8. The Labute approximate surface area is 111 Å². The first-order chi connectivity index (χ1) is 9.07. The molecule has 5 heteroatoms. The highest BCUT2D eigenvalue weighted by atomic mass is 19.4. The summed E-state index contributed by atoms with van der Waals surface area (Å²) in [6, 6.07) is 5.87. The van der Waals surface area contributed by atoms with Crippen LogP contribution in [0.1, 0.15) is 17.5 Å². The Morgan fingerprint density at radius 1 is 1.11 bits per heavy atom. The van der Waals surface area contributed by atoms with Crippen LogP contribution in [-0.2, 0) is 12.6 Å². The molecule has 0 radical (unpaired) electrons. The van der Waals surface area contributed by atoms with Gasteiger partial charge in [-0.2, -0.15) is 13.2 Å². The molecule has 1 heterocycles. The van der Waals surface area contributed by atoms with E-state index < -0.39 is 11.7 Å². The minimum atomic E-state index is -4.24. The molecule has 0 unspecified atom stereocenters. The zero-order valence-corrected chi connectivity index (χ0v) is 10.8. The van der Waals surface area contributed by atoms with E-state index >= 15 is 0 Å². The fourth-order valence-corrected chi connectivity index (χ4v) is 2.44. The van der Waals surface area contributed by atoms with Crippen LogP contribution in [0, 0.1) is 0 Å². The predicted molar refractivity (Wildman–Crippen MR) is 69.1 cm³/mol. The Bertz CT molecular complexity index is 398. The van der Waals surface area contributed by atoms with Gasteiger partial charge in [0.1, 0.15) is 0 Å². The van der Waals surface area contributed by atoms with E-state index in [-0.39, 0.29) is 0 Å². The van der Waals surface area contributed by atoms with Crippen molar-refractivity contribution in [3.05, 3.63) is 35.4 Å². The summed E-state index contributed by atoms with van der Waals surface area (Å²) in [5, 5.41) is 3.26. The summed E-state index contributed by atoms with van der Waals surface area (Å²) in [4.78, 5) is 2.30. The highest BCUT2D eigenvalue weighted by molar-refractivity contribution is 5.29. The van der Waals surface area contributed by atoms with Crippen molar-refractivity contribution in [1.82, 2.24) is 10.2 Å². The summed E-state index contributed by atoms with van der Waals surface area (Å²) in [7, 11) is 0. The topological polar surface area (TPSA) is 15.3 Å². The minimum absolute atomic E-state index is 0.408. The van der Waals surface area contributed by atoms with Gasteiger partial charge in [-0.25, -0.2) is 0 Å². The van der Waals surface area contributed by atoms with Crippen molar-refractivity contribution in [3.8, 4) is 0 Å². The minimum Gasteiger partial charge on any atom is -0.314 e. The molecule has 1 aliphatic heterocycles. The van der Waals surface area contributed by atoms with E-state index in [4.69, 9.17) is 0 Å². The van der Waals surface area contributed by atoms with E-state index in [1.54, 1.807) is 12.1 Å². The second-order valence-electron chi connectivity index (χ2n) is 4.85. The van der Waals surface area contributed by atoms with Crippen LogP contribution in [0.25, 0.3) is 0 Å². The lowest BCUT2D eigenvalue weighted by molar-refractivity contribution is -0.138. The van der Waals surface area contributed by atoms with Gasteiger partial charge in [-0.3, -0.25) is 0 Å². The van der Waals surface area contributed by atoms with Crippen molar-refractivity contribution in [2.45, 2.75) is 19.0 Å². The first kappa shape index (κ1) is 14.3. The molecule has 2 rings (SSSR count). The number of hydrogen-bond acceptors (Lipinski definition) is 2. The monoisotopic (exact) mass is 272 g/mol. The second-order valence-corrected chi connectivity index (χ2v) is 4.85. The van der Waals surface area contributed by atoms with E-state index in [1.807, 2.05) is 0 Å². The van der Waals surface area contributed by atoms with Crippen molar-refractivity contribution < 1.29 is 13.2 Å². The molecule has 0 saturated carbocycles. The third-order valence-electron chi connectivity index (χ3n) is 3.45. The van der Waals surface area contributed by atoms with Gasteiger partial charge in [-0.05, 0) is 31.0 Å². The Morgan fingerprint density at radius 3 is 2.47 bits per heavy atom. The standard InChI is InChI=1S/C14H19F3N2/c15-14(16,17)13-6-2-1-4-12(13)5-3-9-19-10-7-18-8-11-19/h1-2,4,6,18H,3,5,7-11H2. The van der Waals surface area contributed by atoms with Crippen LogP contribution in [-0.4, -0.2) is 37.6 Å². The molecular weight excluding hydrogens is 253 g/mol. The van der Waals surface area contributed by atoms with Crippen LogP contribution in [0.4, 0.5) is 13.2 Å². The zero-order chi connectivity index (χ0) is 13.7. The molecular formula is C14H19F3N2. The number of nitrogens with zero attached hydrogens (tertiary/aromatic N) is 1. The van der Waals surface area contributed by atoms with Crippen LogP contribution >= 0.6 is 0 Å². The Morgan fingerprint density at radius 2 is 1.79 bits per heavy atom. The van der Waals surface area contributed by atoms with Gasteiger partial charge in [0, 0.05) is 26.2 Å². The fraction of sp³-hybridized carbons (Fsp3) is 0.571. The lowest BCUT2D eigenvalue weighted by Crippen LogP contribution is -2.43. The molecule has 1 aromatic rings. The lowest BCUT2D eigenvalue weighted by Gasteiger charge is -2.27. The molecule has 19 heavy (non-hydrogen) atoms. The van der Waals surface area contributed by atoms with Gasteiger partial charge < -0.3 is 10.2 Å². The molecule has 0 aliphatic carbocycles. The van der Waals surface area contributed by atoms with Crippen LogP contribution in [0.3, 0.4) is 0 Å². The third kappa shape index (κ3) is 4.21. The van der Waals surface area contributed by atoms with Gasteiger partial charge in [0.15, 0.2) is 0 Å². The van der Waals surface area contributed by atoms with Gasteiger partial charge in [-0.15, -0.1) is 0 Å². The summed E-state index contributed by atoms with van der Waals surface area (Å²) in [5.74, 6) is 0. The maximum absolute atomic E-state index is 12.8. The Kier molecular flexibility index (Phi) is 4.82. The van der Waals surface area contributed by atoms with Crippen molar-refractivity contribution in [1.29, 1.82) is 0 Å². The van der Waals surface area contributed by atoms with Crippen LogP contribution in [0.5, 0.6) is 0 Å². The van der Waals surface area contributed by atoms with Crippen molar-refractivity contribution >= 4 is 0 Å². The molecule has 0 aromatic heterocycles. The fourth-order valence-electron chi connectivity index (χ4n) is 2.44. The lowest BCUT2D eigenvalue weighted by atomic mass is 10.0. The van der Waals surface area contributed by atoms with Crippen molar-refractivity contribution in [2.24, 2.45) is 0 Å². The third-order valence-corrected chi connectivity index (χ3v) is 3.45. The van der Waals surface area contributed by atoms with E-state index in [0.717, 1.165) is 39.1 Å². The number of halogens is 3. The van der Waals surface area contributed by atoms with Crippen molar-refractivity contribution in [3.63, 3.8) is 0 Å². The summed E-state index contributed by atoms with van der Waals surface area (Å²) < 4.78 is 38.4. The average molecular weight is 272 g/mol. The summed E-state index contributed by atoms with van der Waals surface area (Å²) in [5.41, 5.74) is -0.0829. The molecule has 106 valence electrons. The molecule has 2 nitrogen and oxygen atoms in total. The molecule has 0 spiro atoms. The number of hydrogen-bond donors (Lipinski definition) is 1. The smallest absolute Gasteiger partial charge is 0.314 e. The summed E-state index contributed by atoms with van der Waals surface area (Å²) >= 11 is 0. The van der Waals surface area contributed by atoms with Crippen LogP contribution in [0.2, 0.25) is 0 Å². The molecule has 1 aliphatic rings. The molecule has 1 N–H and O–H groups in total. The normalized spacial score (nSPS) is 17.6. The first-order valence-corrected chi connectivity index (χ1v) is 6.65. The van der Waals surface area contributed by atoms with E-state index in [1.165, 1.54) is 12.1 Å². The highest BCUT2D eigenvalue weighted by Gasteiger charge is 2.32. The molecule has 0 amide bonds. The number of nitrogens with one attached hydrogen (secondary N) is 1. The average Bonchev–Trinajstić information content (AvgIpc) is 2.39. The second kappa shape index (κ2) is 6.39. The quantitative estimate of drug-likeness (QED) is 0.906. The molecule has 1 saturated heterocycles. The largest absolute Gasteiger partial charge is 0.416 e. The molecule has 0 bridgehead atoms. The SMILES string of the molecule is FC(F)(F)c1ccccc1CCCN1CCNCC1. The van der Waals surface area contributed by atoms with E-state index in [0.29, 0.717) is 12.0 Å². The highest BCUT2D eigenvalue weighted by Crippen LogP contribution is 2.32. The van der Waals surface area contributed by atoms with Gasteiger partial charge in [0.05, 0.1) is 5.56 Å². The summed E-state index contributed by atoms with van der Waals surface area (Å²) in [6.45, 7) is 4.79. The van der Waals surface area contributed by atoms with E-state index in [9.17, 15) is 13.2 Å². The van der Waals surface area contributed by atoms with Gasteiger partial charge >= 0.3 is 6.18 Å². The Balaban J connectivity index is 1.88. The Hall–Kier alpha value is -1.07. The van der Waals surface area contributed by atoms with E-state index in [2.05, 4.69) is 10.2 Å². The van der Waals surface area contributed by atoms with Crippen molar-refractivity contribution in [2.75, 3.05) is 32.7 Å². The van der Waals surface area contributed by atoms with Gasteiger partial charge in [-0.1, -0.05) is 18.2 Å². The number of rotatable bonds is 4. The first-order valence-electron chi connectivity index (χ1n) is 6.65. The van der Waals surface area contributed by atoms with Gasteiger partial charge in [0.25, 0.3) is 0 Å². The van der Waals surface area contributed by atoms with Crippen LogP contribution < -0.4 is 5.32 Å².